The number of ether oxygens (including phenoxy) is 1. The van der Waals surface area contributed by atoms with Crippen LogP contribution in [-0.4, -0.2) is 60.2 Å². The summed E-state index contributed by atoms with van der Waals surface area (Å²) in [6.07, 6.45) is 14.8. The minimum Gasteiger partial charge on any atom is -0.497 e. The van der Waals surface area contributed by atoms with E-state index in [-0.39, 0.29) is 12.3 Å². The maximum atomic E-state index is 13.3. The maximum absolute atomic E-state index is 13.3. The summed E-state index contributed by atoms with van der Waals surface area (Å²) >= 11 is 6.23. The van der Waals surface area contributed by atoms with Crippen molar-refractivity contribution in [1.82, 2.24) is 30.0 Å². The number of aliphatic imine (C=N–C) groups is 1. The lowest BCUT2D eigenvalue weighted by atomic mass is 10.00. The number of aromatic nitrogens is 4. The van der Waals surface area contributed by atoms with Crippen molar-refractivity contribution >= 4 is 33.2 Å². The number of carbonyl (C=O) groups is 1. The van der Waals surface area contributed by atoms with Crippen LogP contribution in [0.1, 0.15) is 136 Å². The smallest absolute Gasteiger partial charge is 0.240 e. The number of hydrogen-bond acceptors (Lipinski definition) is 9. The highest BCUT2D eigenvalue weighted by Crippen LogP contribution is 2.35. The Morgan fingerprint density at radius 1 is 0.787 bits per heavy atom. The van der Waals surface area contributed by atoms with Gasteiger partial charge in [-0.05, 0) is 88.1 Å². The molecule has 0 aliphatic carbocycles. The first-order chi connectivity index (χ1) is 29.5. The summed E-state index contributed by atoms with van der Waals surface area (Å²) < 4.78 is 41.9. The first kappa shape index (κ1) is 45.7. The molecule has 2 aromatic heterocycles. The van der Waals surface area contributed by atoms with Crippen molar-refractivity contribution in [2.45, 2.75) is 129 Å². The number of sulfonamides is 1. The third kappa shape index (κ3) is 12.0. The number of hydrogen-bond donors (Lipinski definition) is 2. The predicted molar refractivity (Wildman–Crippen MR) is 241 cm³/mol. The highest BCUT2D eigenvalue weighted by atomic mass is 35.5. The summed E-state index contributed by atoms with van der Waals surface area (Å²) in [6.45, 7) is 8.48. The van der Waals surface area contributed by atoms with Gasteiger partial charge in [0.25, 0.3) is 0 Å². The lowest BCUT2D eigenvalue weighted by Gasteiger charge is -2.14. The summed E-state index contributed by atoms with van der Waals surface area (Å²) in [4.78, 5) is 18.7. The maximum Gasteiger partial charge on any atom is 0.240 e. The third-order valence-electron chi connectivity index (χ3n) is 11.4. The number of nitrogens with one attached hydrogen (secondary N) is 2. The summed E-state index contributed by atoms with van der Waals surface area (Å²) in [5.74, 6) is 2.66. The molecule has 3 heterocycles. The molecule has 2 N–H and O–H groups in total. The fraction of sp³-hybridized carbons (Fsp3) is 0.468. The van der Waals surface area contributed by atoms with Gasteiger partial charge in [0.1, 0.15) is 23.4 Å². The van der Waals surface area contributed by atoms with E-state index >= 15 is 0 Å². The van der Waals surface area contributed by atoms with Gasteiger partial charge in [-0.2, -0.15) is 0 Å². The van der Waals surface area contributed by atoms with E-state index in [4.69, 9.17) is 25.9 Å². The van der Waals surface area contributed by atoms with E-state index in [1.54, 1.807) is 13.2 Å². The van der Waals surface area contributed by atoms with E-state index in [1.807, 2.05) is 86.9 Å². The van der Waals surface area contributed by atoms with Crippen molar-refractivity contribution in [3.8, 4) is 22.6 Å². The molecule has 6 rings (SSSR count). The van der Waals surface area contributed by atoms with Crippen LogP contribution in [0, 0.1) is 27.7 Å². The molecule has 61 heavy (non-hydrogen) atoms. The highest BCUT2D eigenvalue weighted by Gasteiger charge is 2.30. The van der Waals surface area contributed by atoms with E-state index in [2.05, 4.69) is 25.4 Å². The molecule has 14 heteroatoms. The quantitative estimate of drug-likeness (QED) is 0.0615. The van der Waals surface area contributed by atoms with Crippen LogP contribution < -0.4 is 14.8 Å². The minimum absolute atomic E-state index is 0.0631. The number of carbonyl (C=O) groups excluding carboxylic acids is 1. The molecule has 0 fully saturated rings. The second-order valence-electron chi connectivity index (χ2n) is 16.1. The lowest BCUT2D eigenvalue weighted by molar-refractivity contribution is -0.121. The molecular weight excluding hydrogens is 810 g/mol. The Hall–Kier alpha value is -4.85. The average molecular weight is 871 g/mol. The summed E-state index contributed by atoms with van der Waals surface area (Å²) in [5, 5.41) is 16.6. The topological polar surface area (TPSA) is 154 Å². The van der Waals surface area contributed by atoms with Gasteiger partial charge in [-0.3, -0.25) is 14.4 Å². The van der Waals surface area contributed by atoms with Gasteiger partial charge in [0.15, 0.2) is 5.82 Å². The van der Waals surface area contributed by atoms with E-state index < -0.39 is 16.1 Å². The molecule has 3 aromatic carbocycles. The van der Waals surface area contributed by atoms with Crippen LogP contribution >= 0.6 is 11.6 Å². The van der Waals surface area contributed by atoms with Crippen molar-refractivity contribution in [3.63, 3.8) is 0 Å². The van der Waals surface area contributed by atoms with Crippen molar-refractivity contribution < 1.29 is 22.5 Å². The van der Waals surface area contributed by atoms with Gasteiger partial charge in [-0.15, -0.1) is 10.2 Å². The normalized spacial score (nSPS) is 13.7. The first-order valence-electron chi connectivity index (χ1n) is 21.7. The summed E-state index contributed by atoms with van der Waals surface area (Å²) in [5.41, 5.74) is 6.47. The second kappa shape index (κ2) is 21.8. The number of benzene rings is 3. The zero-order chi connectivity index (χ0) is 43.4. The number of unbranched alkanes of at least 4 members (excludes halogenated alkanes) is 12. The number of amides is 1. The van der Waals surface area contributed by atoms with Crippen molar-refractivity contribution in [2.24, 2.45) is 4.99 Å². The van der Waals surface area contributed by atoms with E-state index in [0.29, 0.717) is 45.9 Å². The van der Waals surface area contributed by atoms with E-state index in [1.165, 1.54) is 44.9 Å². The SMILES string of the molecule is COc1ccc2c(c1)C(c1ccc(Cl)cc1)=NC(CC(=O)NCCCCCCCCCCCCCCCNS(=O)(=O)c1cc(-c3c(C)noc3C)ccc1C)c1nnc(C)n1-2. The predicted octanol–water partition coefficient (Wildman–Crippen LogP) is 10.3. The largest absolute Gasteiger partial charge is 0.497 e. The van der Waals surface area contributed by atoms with Gasteiger partial charge in [0.05, 0.1) is 35.5 Å². The molecule has 0 spiro atoms. The van der Waals surface area contributed by atoms with Crippen LogP contribution in [-0.2, 0) is 14.8 Å². The Morgan fingerprint density at radius 3 is 2.03 bits per heavy atom. The summed E-state index contributed by atoms with van der Waals surface area (Å²) in [7, 11) is -1.98. The fourth-order valence-electron chi connectivity index (χ4n) is 8.07. The van der Waals surface area contributed by atoms with Gasteiger partial charge < -0.3 is 14.6 Å². The molecule has 0 saturated carbocycles. The molecule has 5 aromatic rings. The summed E-state index contributed by atoms with van der Waals surface area (Å²) in [6, 6.07) is 18.4. The van der Waals surface area contributed by atoms with Crippen LogP contribution in [0.4, 0.5) is 0 Å². The molecular formula is C47H60ClN7O5S. The zero-order valence-electron chi connectivity index (χ0n) is 36.2. The number of aryl methyl sites for hydroxylation is 4. The Bertz CT molecular complexity index is 2370. The van der Waals surface area contributed by atoms with Gasteiger partial charge in [0, 0.05) is 34.8 Å². The van der Waals surface area contributed by atoms with Crippen LogP contribution in [0.5, 0.6) is 5.75 Å². The number of rotatable bonds is 23. The van der Waals surface area contributed by atoms with Crippen molar-refractivity contribution in [2.75, 3.05) is 20.2 Å². The van der Waals surface area contributed by atoms with E-state index in [0.717, 1.165) is 83.7 Å². The first-order valence-corrected chi connectivity index (χ1v) is 23.6. The Morgan fingerprint density at radius 2 is 1.41 bits per heavy atom. The standard InChI is InChI=1S/C47H60ClN7O5S/c1-32-19-20-37(45-33(2)54-60-34(45)3)29-43(32)61(57,58)50-28-18-16-14-12-10-8-6-7-9-11-13-15-17-27-49-44(56)31-41-47-53-52-35(4)55(47)42-26-25-39(59-5)30-40(42)46(51-41)36-21-23-38(48)24-22-36/h19-26,29-30,41,50H,6-18,27-28,31H2,1-5H3,(H,49,56). The molecule has 1 unspecified atom stereocenters. The van der Waals surface area contributed by atoms with Gasteiger partial charge in [0.2, 0.25) is 15.9 Å². The molecule has 326 valence electrons. The molecule has 1 aliphatic rings. The Kier molecular flexibility index (Phi) is 16.3. The second-order valence-corrected chi connectivity index (χ2v) is 18.2. The Labute approximate surface area is 366 Å². The fourth-order valence-corrected chi connectivity index (χ4v) is 9.54. The molecule has 0 radical (unpaired) electrons. The number of fused-ring (bicyclic) bond motifs is 3. The zero-order valence-corrected chi connectivity index (χ0v) is 37.8. The molecule has 1 amide bonds. The number of methoxy groups -OCH3 is 1. The molecule has 0 bridgehead atoms. The average Bonchev–Trinajstić information content (AvgIpc) is 3.76. The van der Waals surface area contributed by atoms with Crippen molar-refractivity contribution in [3.05, 3.63) is 105 Å². The van der Waals surface area contributed by atoms with Gasteiger partial charge in [-0.1, -0.05) is 112 Å². The van der Waals surface area contributed by atoms with Crippen LogP contribution in [0.25, 0.3) is 16.8 Å². The van der Waals surface area contributed by atoms with Crippen LogP contribution in [0.15, 0.2) is 75.1 Å². The molecule has 1 aliphatic heterocycles. The van der Waals surface area contributed by atoms with E-state index in [9.17, 15) is 13.2 Å². The third-order valence-corrected chi connectivity index (χ3v) is 13.3. The molecule has 0 saturated heterocycles. The van der Waals surface area contributed by atoms with Crippen LogP contribution in [0.2, 0.25) is 5.02 Å². The minimum atomic E-state index is -3.62. The van der Waals surface area contributed by atoms with Crippen molar-refractivity contribution in [1.29, 1.82) is 0 Å². The Balaban J connectivity index is 0.826. The van der Waals surface area contributed by atoms with Gasteiger partial charge in [-0.25, -0.2) is 13.1 Å². The molecule has 12 nitrogen and oxygen atoms in total. The van der Waals surface area contributed by atoms with Gasteiger partial charge >= 0.3 is 0 Å². The highest BCUT2D eigenvalue weighted by molar-refractivity contribution is 7.89. The number of halogens is 1. The lowest BCUT2D eigenvalue weighted by Crippen LogP contribution is -2.26. The van der Waals surface area contributed by atoms with Crippen LogP contribution in [0.3, 0.4) is 0 Å². The molecule has 1 atom stereocenters. The monoisotopic (exact) mass is 869 g/mol. The number of nitrogens with zero attached hydrogens (tertiary/aromatic N) is 5.